The van der Waals surface area contributed by atoms with E-state index in [9.17, 15) is 4.79 Å². The lowest BCUT2D eigenvalue weighted by molar-refractivity contribution is 0.0988. The molecule has 0 spiro atoms. The molecule has 2 nitrogen and oxygen atoms in total. The summed E-state index contributed by atoms with van der Waals surface area (Å²) in [4.78, 5) is 11.4. The van der Waals surface area contributed by atoms with E-state index in [4.69, 9.17) is 5.26 Å². The van der Waals surface area contributed by atoms with E-state index >= 15 is 0 Å². The van der Waals surface area contributed by atoms with Crippen LogP contribution in [0.25, 0.3) is 0 Å². The van der Waals surface area contributed by atoms with Gasteiger partial charge in [-0.1, -0.05) is 19.1 Å². The molecule has 0 saturated heterocycles. The number of carbonyl (C=O) groups is 1. The summed E-state index contributed by atoms with van der Waals surface area (Å²) in [5.74, 6) is 0.150. The van der Waals surface area contributed by atoms with Gasteiger partial charge in [0.15, 0.2) is 5.78 Å². The van der Waals surface area contributed by atoms with E-state index in [0.717, 1.165) is 16.7 Å². The van der Waals surface area contributed by atoms with Crippen molar-refractivity contribution in [3.8, 4) is 6.07 Å². The molecule has 0 aliphatic heterocycles. The van der Waals surface area contributed by atoms with Crippen LogP contribution in [0.15, 0.2) is 18.2 Å². The van der Waals surface area contributed by atoms with Crippen molar-refractivity contribution in [3.63, 3.8) is 0 Å². The molecule has 0 amide bonds. The zero-order chi connectivity index (χ0) is 10.6. The second-order valence-electron chi connectivity index (χ2n) is 3.25. The molecular formula is C12H13NO. The Bertz CT molecular complexity index is 388. The molecule has 0 aliphatic rings. The first kappa shape index (κ1) is 10.5. The molecule has 0 radical (unpaired) electrons. The average Bonchev–Trinajstić information content (AvgIpc) is 2.20. The van der Waals surface area contributed by atoms with Crippen LogP contribution >= 0.6 is 0 Å². The third-order valence-corrected chi connectivity index (χ3v) is 2.26. The van der Waals surface area contributed by atoms with Crippen molar-refractivity contribution >= 4 is 5.78 Å². The van der Waals surface area contributed by atoms with E-state index in [1.165, 1.54) is 0 Å². The third-order valence-electron chi connectivity index (χ3n) is 2.26. The van der Waals surface area contributed by atoms with Crippen LogP contribution in [-0.4, -0.2) is 5.78 Å². The number of benzene rings is 1. The highest BCUT2D eigenvalue weighted by Crippen LogP contribution is 2.12. The molecule has 2 heteroatoms. The standard InChI is InChI=1S/C12H13NO/c1-3-12(14)11-5-4-10(6-7-13)9(2)8-11/h4-5,8H,3,6H2,1-2H3. The number of Topliss-reactive ketones (excluding diaryl/α,β-unsaturated/α-hetero) is 1. The van der Waals surface area contributed by atoms with Crippen molar-refractivity contribution in [1.29, 1.82) is 5.26 Å². The molecule has 0 saturated carbocycles. The second kappa shape index (κ2) is 4.57. The third kappa shape index (κ3) is 2.20. The monoisotopic (exact) mass is 187 g/mol. The zero-order valence-corrected chi connectivity index (χ0v) is 8.50. The van der Waals surface area contributed by atoms with Gasteiger partial charge in [-0.05, 0) is 24.1 Å². The highest BCUT2D eigenvalue weighted by Gasteiger charge is 2.05. The largest absolute Gasteiger partial charge is 0.294 e. The fraction of sp³-hybridized carbons (Fsp3) is 0.333. The van der Waals surface area contributed by atoms with Gasteiger partial charge in [0.25, 0.3) is 0 Å². The molecular weight excluding hydrogens is 174 g/mol. The van der Waals surface area contributed by atoms with Gasteiger partial charge in [0, 0.05) is 12.0 Å². The van der Waals surface area contributed by atoms with E-state index < -0.39 is 0 Å². The number of nitriles is 1. The topological polar surface area (TPSA) is 40.9 Å². The summed E-state index contributed by atoms with van der Waals surface area (Å²) in [5.41, 5.74) is 2.76. The summed E-state index contributed by atoms with van der Waals surface area (Å²) in [5, 5.41) is 8.55. The summed E-state index contributed by atoms with van der Waals surface area (Å²) < 4.78 is 0. The van der Waals surface area contributed by atoms with Gasteiger partial charge in [0.1, 0.15) is 0 Å². The van der Waals surface area contributed by atoms with Crippen LogP contribution in [-0.2, 0) is 6.42 Å². The first-order valence-electron chi connectivity index (χ1n) is 4.68. The van der Waals surface area contributed by atoms with Crippen LogP contribution in [0.3, 0.4) is 0 Å². The second-order valence-corrected chi connectivity index (χ2v) is 3.25. The van der Waals surface area contributed by atoms with Gasteiger partial charge in [-0.3, -0.25) is 4.79 Å². The minimum atomic E-state index is 0.150. The van der Waals surface area contributed by atoms with Crippen molar-refractivity contribution in [2.45, 2.75) is 26.7 Å². The summed E-state index contributed by atoms with van der Waals surface area (Å²) in [6.45, 7) is 3.78. The maximum atomic E-state index is 11.4. The van der Waals surface area contributed by atoms with Crippen LogP contribution in [0.2, 0.25) is 0 Å². The predicted molar refractivity (Wildman–Crippen MR) is 55.1 cm³/mol. The van der Waals surface area contributed by atoms with Gasteiger partial charge < -0.3 is 0 Å². The number of aryl methyl sites for hydroxylation is 1. The fourth-order valence-electron chi connectivity index (χ4n) is 1.36. The number of carbonyl (C=O) groups excluding carboxylic acids is 1. The van der Waals surface area contributed by atoms with E-state index in [0.29, 0.717) is 12.8 Å². The summed E-state index contributed by atoms with van der Waals surface area (Å²) in [6.07, 6.45) is 0.934. The van der Waals surface area contributed by atoms with Crippen LogP contribution in [0, 0.1) is 18.3 Å². The normalized spacial score (nSPS) is 9.50. The van der Waals surface area contributed by atoms with Crippen molar-refractivity contribution in [1.82, 2.24) is 0 Å². The minimum absolute atomic E-state index is 0.150. The van der Waals surface area contributed by atoms with Gasteiger partial charge in [-0.25, -0.2) is 0 Å². The highest BCUT2D eigenvalue weighted by atomic mass is 16.1. The van der Waals surface area contributed by atoms with Gasteiger partial charge in [-0.15, -0.1) is 0 Å². The molecule has 0 bridgehead atoms. The number of rotatable bonds is 3. The molecule has 0 aliphatic carbocycles. The Labute approximate surface area is 84.2 Å². The number of ketones is 1. The Hall–Kier alpha value is -1.62. The predicted octanol–water partition coefficient (Wildman–Crippen LogP) is 2.65. The van der Waals surface area contributed by atoms with Gasteiger partial charge in [-0.2, -0.15) is 5.26 Å². The summed E-state index contributed by atoms with van der Waals surface area (Å²) in [6, 6.07) is 7.62. The van der Waals surface area contributed by atoms with E-state index in [-0.39, 0.29) is 5.78 Å². The van der Waals surface area contributed by atoms with Crippen molar-refractivity contribution < 1.29 is 4.79 Å². The zero-order valence-electron chi connectivity index (χ0n) is 8.50. The van der Waals surface area contributed by atoms with E-state index in [1.54, 1.807) is 6.07 Å². The molecule has 14 heavy (non-hydrogen) atoms. The highest BCUT2D eigenvalue weighted by molar-refractivity contribution is 5.96. The average molecular weight is 187 g/mol. The van der Waals surface area contributed by atoms with Crippen LogP contribution in [0.5, 0.6) is 0 Å². The maximum absolute atomic E-state index is 11.4. The molecule has 72 valence electrons. The Kier molecular flexibility index (Phi) is 3.41. The lowest BCUT2D eigenvalue weighted by Crippen LogP contribution is -1.98. The molecule has 0 N–H and O–H groups in total. The minimum Gasteiger partial charge on any atom is -0.294 e. The van der Waals surface area contributed by atoms with E-state index in [1.807, 2.05) is 26.0 Å². The van der Waals surface area contributed by atoms with E-state index in [2.05, 4.69) is 6.07 Å². The fourth-order valence-corrected chi connectivity index (χ4v) is 1.36. The first-order valence-corrected chi connectivity index (χ1v) is 4.68. The quantitative estimate of drug-likeness (QED) is 0.682. The summed E-state index contributed by atoms with van der Waals surface area (Å²) >= 11 is 0. The number of nitrogens with zero attached hydrogens (tertiary/aromatic N) is 1. The van der Waals surface area contributed by atoms with Crippen molar-refractivity contribution in [3.05, 3.63) is 34.9 Å². The van der Waals surface area contributed by atoms with Gasteiger partial charge >= 0.3 is 0 Å². The van der Waals surface area contributed by atoms with Crippen LogP contribution in [0.1, 0.15) is 34.8 Å². The Morgan fingerprint density at radius 1 is 1.50 bits per heavy atom. The molecule has 0 atom stereocenters. The lowest BCUT2D eigenvalue weighted by Gasteiger charge is -2.03. The molecule has 0 unspecified atom stereocenters. The van der Waals surface area contributed by atoms with Gasteiger partial charge in [0.2, 0.25) is 0 Å². The summed E-state index contributed by atoms with van der Waals surface area (Å²) in [7, 11) is 0. The van der Waals surface area contributed by atoms with Crippen molar-refractivity contribution in [2.75, 3.05) is 0 Å². The first-order chi connectivity index (χ1) is 6.69. The number of hydrogen-bond acceptors (Lipinski definition) is 2. The molecule has 1 aromatic carbocycles. The van der Waals surface area contributed by atoms with Crippen molar-refractivity contribution in [2.24, 2.45) is 0 Å². The van der Waals surface area contributed by atoms with Crippen LogP contribution < -0.4 is 0 Å². The number of hydrogen-bond donors (Lipinski definition) is 0. The van der Waals surface area contributed by atoms with Crippen LogP contribution in [0.4, 0.5) is 0 Å². The molecule has 0 heterocycles. The smallest absolute Gasteiger partial charge is 0.162 e. The molecule has 0 aromatic heterocycles. The Balaban J connectivity index is 3.01. The molecule has 1 rings (SSSR count). The molecule has 0 fully saturated rings. The lowest BCUT2D eigenvalue weighted by atomic mass is 10.0. The SMILES string of the molecule is CCC(=O)c1ccc(CC#N)c(C)c1. The maximum Gasteiger partial charge on any atom is 0.162 e. The Morgan fingerprint density at radius 3 is 2.71 bits per heavy atom. The van der Waals surface area contributed by atoms with Gasteiger partial charge in [0.05, 0.1) is 12.5 Å². The molecule has 1 aromatic rings. The Morgan fingerprint density at radius 2 is 2.21 bits per heavy atom.